The lowest BCUT2D eigenvalue weighted by Gasteiger charge is -2.30. The quantitative estimate of drug-likeness (QED) is 0.703. The minimum Gasteiger partial charge on any atom is -0.464 e. The Kier molecular flexibility index (Phi) is 6.53. The van der Waals surface area contributed by atoms with Crippen molar-refractivity contribution in [3.8, 4) is 0 Å². The number of rotatable bonds is 5. The predicted molar refractivity (Wildman–Crippen MR) is 96.4 cm³/mol. The predicted octanol–water partition coefficient (Wildman–Crippen LogP) is 3.94. The Morgan fingerprint density at radius 1 is 1.35 bits per heavy atom. The van der Waals surface area contributed by atoms with Crippen LogP contribution in [0.2, 0.25) is 0 Å². The Morgan fingerprint density at radius 3 is 2.57 bits per heavy atom. The summed E-state index contributed by atoms with van der Waals surface area (Å²) in [5.41, 5.74) is 0.592. The number of nitrogens with zero attached hydrogens (tertiary/aromatic N) is 1. The fourth-order valence-electron chi connectivity index (χ4n) is 2.52. The summed E-state index contributed by atoms with van der Waals surface area (Å²) in [7, 11) is 0. The zero-order chi connectivity index (χ0) is 17.0. The third-order valence-corrected chi connectivity index (χ3v) is 5.80. The van der Waals surface area contributed by atoms with Crippen LogP contribution in [-0.2, 0) is 9.53 Å². The van der Waals surface area contributed by atoms with Crippen molar-refractivity contribution in [3.63, 3.8) is 0 Å². The zero-order valence-electron chi connectivity index (χ0n) is 13.6. The lowest BCUT2D eigenvalue weighted by molar-refractivity contribution is -0.148. The third-order valence-electron chi connectivity index (χ3n) is 3.65. The first kappa shape index (κ1) is 18.3. The maximum atomic E-state index is 13.0. The highest BCUT2D eigenvalue weighted by Gasteiger charge is 2.43. The van der Waals surface area contributed by atoms with Crippen molar-refractivity contribution >= 4 is 39.6 Å². The number of hydrogen-bond acceptors (Lipinski definition) is 4. The Bertz CT molecular complexity index is 561. The van der Waals surface area contributed by atoms with Gasteiger partial charge >= 0.3 is 5.97 Å². The van der Waals surface area contributed by atoms with E-state index in [1.807, 2.05) is 19.1 Å². The number of ether oxygens (including phenoxy) is 1. The molecule has 1 aromatic carbocycles. The van der Waals surface area contributed by atoms with Crippen LogP contribution in [0.15, 0.2) is 28.7 Å². The number of carbonyl (C=O) groups is 2. The summed E-state index contributed by atoms with van der Waals surface area (Å²) in [6, 6.07) is 6.73. The highest BCUT2D eigenvalue weighted by Crippen LogP contribution is 2.35. The molecule has 4 nitrogen and oxygen atoms in total. The molecule has 0 spiro atoms. The van der Waals surface area contributed by atoms with Crippen LogP contribution >= 0.6 is 27.7 Å². The van der Waals surface area contributed by atoms with Gasteiger partial charge in [-0.2, -0.15) is 0 Å². The van der Waals surface area contributed by atoms with E-state index in [9.17, 15) is 9.59 Å². The van der Waals surface area contributed by atoms with Crippen LogP contribution in [0, 0.1) is 5.92 Å². The summed E-state index contributed by atoms with van der Waals surface area (Å²) in [5.74, 6) is 0.448. The number of benzene rings is 1. The third kappa shape index (κ3) is 4.29. The molecule has 1 saturated heterocycles. The second-order valence-corrected chi connectivity index (χ2v) is 7.94. The van der Waals surface area contributed by atoms with Crippen molar-refractivity contribution in [2.45, 2.75) is 38.6 Å². The van der Waals surface area contributed by atoms with E-state index < -0.39 is 6.04 Å². The van der Waals surface area contributed by atoms with Crippen molar-refractivity contribution in [2.24, 2.45) is 5.92 Å². The van der Waals surface area contributed by atoms with Gasteiger partial charge in [-0.15, -0.1) is 11.8 Å². The van der Waals surface area contributed by atoms with Crippen molar-refractivity contribution < 1.29 is 14.3 Å². The molecular weight excluding hydrogens is 378 g/mol. The SMILES string of the molecule is CCCOC(=O)[C@H]1CS[C@H](C(C)C)N1C(=O)c1ccc(Br)cc1. The van der Waals surface area contributed by atoms with Gasteiger partial charge in [-0.3, -0.25) is 4.79 Å². The minimum absolute atomic E-state index is 0.00896. The van der Waals surface area contributed by atoms with Crippen molar-refractivity contribution in [1.29, 1.82) is 0 Å². The van der Waals surface area contributed by atoms with E-state index in [-0.39, 0.29) is 23.2 Å². The molecule has 0 aliphatic carbocycles. The molecule has 6 heteroatoms. The Labute approximate surface area is 150 Å². The first-order valence-electron chi connectivity index (χ1n) is 7.82. The van der Waals surface area contributed by atoms with Crippen molar-refractivity contribution in [1.82, 2.24) is 4.90 Å². The van der Waals surface area contributed by atoms with Crippen molar-refractivity contribution in [2.75, 3.05) is 12.4 Å². The van der Waals surface area contributed by atoms with Gasteiger partial charge in [-0.1, -0.05) is 36.7 Å². The summed E-state index contributed by atoms with van der Waals surface area (Å²) < 4.78 is 6.21. The zero-order valence-corrected chi connectivity index (χ0v) is 16.0. The minimum atomic E-state index is -0.505. The number of thioether (sulfide) groups is 1. The summed E-state index contributed by atoms with van der Waals surface area (Å²) in [6.45, 7) is 6.49. The van der Waals surface area contributed by atoms with E-state index in [0.29, 0.717) is 17.9 Å². The second kappa shape index (κ2) is 8.20. The summed E-state index contributed by atoms with van der Waals surface area (Å²) in [6.07, 6.45) is 0.778. The summed E-state index contributed by atoms with van der Waals surface area (Å²) >= 11 is 5.02. The smallest absolute Gasteiger partial charge is 0.329 e. The molecule has 1 fully saturated rings. The number of carbonyl (C=O) groups excluding carboxylic acids is 2. The molecule has 2 atom stereocenters. The Balaban J connectivity index is 2.25. The van der Waals surface area contributed by atoms with Crippen LogP contribution in [-0.4, -0.2) is 40.6 Å². The van der Waals surface area contributed by atoms with Crippen molar-refractivity contribution in [3.05, 3.63) is 34.3 Å². The molecule has 0 unspecified atom stereocenters. The van der Waals surface area contributed by atoms with E-state index in [4.69, 9.17) is 4.74 Å². The van der Waals surface area contributed by atoms with E-state index >= 15 is 0 Å². The van der Waals surface area contributed by atoms with Crippen LogP contribution in [0.1, 0.15) is 37.6 Å². The first-order chi connectivity index (χ1) is 11.0. The molecule has 0 radical (unpaired) electrons. The summed E-state index contributed by atoms with van der Waals surface area (Å²) in [5, 5.41) is -0.00896. The van der Waals surface area contributed by atoms with Gasteiger partial charge in [0.05, 0.1) is 12.0 Å². The molecule has 0 N–H and O–H groups in total. The van der Waals surface area contributed by atoms with Gasteiger partial charge in [-0.25, -0.2) is 4.79 Å². The van der Waals surface area contributed by atoms with E-state index in [1.165, 1.54) is 0 Å². The van der Waals surface area contributed by atoms with Gasteiger partial charge in [-0.05, 0) is 36.6 Å². The van der Waals surface area contributed by atoms with Crippen LogP contribution < -0.4 is 0 Å². The maximum Gasteiger partial charge on any atom is 0.329 e. The first-order valence-corrected chi connectivity index (χ1v) is 9.66. The normalized spacial score (nSPS) is 20.8. The van der Waals surface area contributed by atoms with Gasteiger partial charge in [0.2, 0.25) is 0 Å². The standard InChI is InChI=1S/C17H22BrNO3S/c1-4-9-22-17(21)14-10-23-16(11(2)3)19(14)15(20)12-5-7-13(18)8-6-12/h5-8,11,14,16H,4,9-10H2,1-3H3/t14-,16-/m1/s1. The van der Waals surface area contributed by atoms with Crippen LogP contribution in [0.4, 0.5) is 0 Å². The largest absolute Gasteiger partial charge is 0.464 e. The summed E-state index contributed by atoms with van der Waals surface area (Å²) in [4.78, 5) is 27.0. The van der Waals surface area contributed by atoms with Gasteiger partial charge in [0.15, 0.2) is 0 Å². The van der Waals surface area contributed by atoms with Gasteiger partial charge in [0.25, 0.3) is 5.91 Å². The van der Waals surface area contributed by atoms with Gasteiger partial charge in [0, 0.05) is 15.8 Å². The molecular formula is C17H22BrNO3S. The molecule has 2 rings (SSSR count). The molecule has 0 aromatic heterocycles. The molecule has 126 valence electrons. The van der Waals surface area contributed by atoms with E-state index in [1.54, 1.807) is 28.8 Å². The number of amides is 1. The molecule has 23 heavy (non-hydrogen) atoms. The molecule has 1 aromatic rings. The second-order valence-electron chi connectivity index (χ2n) is 5.87. The fourth-order valence-corrected chi connectivity index (χ4v) is 4.25. The van der Waals surface area contributed by atoms with E-state index in [2.05, 4.69) is 29.8 Å². The molecule has 1 aliphatic heterocycles. The average Bonchev–Trinajstić information content (AvgIpc) is 2.97. The average molecular weight is 400 g/mol. The van der Waals surface area contributed by atoms with E-state index in [0.717, 1.165) is 10.9 Å². The number of hydrogen-bond donors (Lipinski definition) is 0. The van der Waals surface area contributed by atoms with Crippen LogP contribution in [0.3, 0.4) is 0 Å². The Morgan fingerprint density at radius 2 is 2.00 bits per heavy atom. The molecule has 1 aliphatic rings. The number of esters is 1. The fraction of sp³-hybridized carbons (Fsp3) is 0.529. The lowest BCUT2D eigenvalue weighted by atomic mass is 10.1. The molecule has 0 saturated carbocycles. The number of halogens is 1. The molecule has 0 bridgehead atoms. The highest BCUT2D eigenvalue weighted by atomic mass is 79.9. The maximum absolute atomic E-state index is 13.0. The van der Waals surface area contributed by atoms with Crippen LogP contribution in [0.25, 0.3) is 0 Å². The monoisotopic (exact) mass is 399 g/mol. The van der Waals surface area contributed by atoms with Gasteiger partial charge < -0.3 is 9.64 Å². The lowest BCUT2D eigenvalue weighted by Crippen LogP contribution is -2.47. The molecule has 1 heterocycles. The molecule has 1 amide bonds. The Hall–Kier alpha value is -1.01. The van der Waals surface area contributed by atoms with Gasteiger partial charge in [0.1, 0.15) is 6.04 Å². The van der Waals surface area contributed by atoms with Crippen LogP contribution in [0.5, 0.6) is 0 Å². The topological polar surface area (TPSA) is 46.6 Å². The highest BCUT2D eigenvalue weighted by molar-refractivity contribution is 9.10.